The van der Waals surface area contributed by atoms with Crippen molar-refractivity contribution in [1.82, 2.24) is 26.2 Å². The number of aliphatic carboxylic acids is 2. The van der Waals surface area contributed by atoms with Crippen LogP contribution < -0.4 is 38.5 Å². The zero-order valence-corrected chi connectivity index (χ0v) is 32.8. The summed E-state index contributed by atoms with van der Waals surface area (Å²) in [6.45, 7) is -0.151. The molecule has 1 heterocycles. The number of carbonyl (C=O) groups is 8. The number of primary amides is 1. The molecule has 0 spiro atoms. The quantitative estimate of drug-likeness (QED) is 0.0673. The summed E-state index contributed by atoms with van der Waals surface area (Å²) in [5.41, 5.74) is 18.1. The summed E-state index contributed by atoms with van der Waals surface area (Å²) in [7, 11) is 0. The molecule has 0 aliphatic carbocycles. The van der Waals surface area contributed by atoms with Gasteiger partial charge in [-0.1, -0.05) is 42.5 Å². The Hall–Kier alpha value is -6.50. The number of nitrogens with one attached hydrogen (secondary N) is 4. The molecule has 344 valence electrons. The molecule has 1 saturated heterocycles. The molecule has 25 heteroatoms. The summed E-state index contributed by atoms with van der Waals surface area (Å²) in [6, 6.07) is 11.3. The number of hydrogen-bond acceptors (Lipinski definition) is 11. The van der Waals surface area contributed by atoms with Crippen molar-refractivity contribution in [3.8, 4) is 5.75 Å². The maximum Gasteiger partial charge on any atom is 0.490 e. The molecule has 2 aromatic carbocycles. The molecule has 0 bridgehead atoms. The lowest BCUT2D eigenvalue weighted by molar-refractivity contribution is -0.193. The zero-order valence-electron chi connectivity index (χ0n) is 32.8. The van der Waals surface area contributed by atoms with Gasteiger partial charge in [-0.3, -0.25) is 28.8 Å². The topological polar surface area (TPSA) is 327 Å². The monoisotopic (exact) mass is 894 g/mol. The number of unbranched alkanes of at least 4 members (excludes halogenated alkanes) is 1. The largest absolute Gasteiger partial charge is 0.508 e. The number of hydrogen-bond donors (Lipinski definition) is 10. The van der Waals surface area contributed by atoms with Crippen LogP contribution in [0.4, 0.5) is 26.3 Å². The minimum absolute atomic E-state index is 0.0494. The van der Waals surface area contributed by atoms with E-state index in [0.717, 1.165) is 5.56 Å². The van der Waals surface area contributed by atoms with Crippen LogP contribution in [0.2, 0.25) is 0 Å². The normalized spacial score (nSPS) is 14.8. The highest BCUT2D eigenvalue weighted by Gasteiger charge is 2.40. The number of phenolic OH excluding ortho intramolecular Hbond substituents is 1. The van der Waals surface area contributed by atoms with Gasteiger partial charge in [0.25, 0.3) is 0 Å². The first-order valence-corrected chi connectivity index (χ1v) is 18.5. The molecular weight excluding hydrogens is 846 g/mol. The highest BCUT2D eigenvalue weighted by Crippen LogP contribution is 2.21. The number of aromatic hydroxyl groups is 1. The van der Waals surface area contributed by atoms with Crippen molar-refractivity contribution in [2.75, 3.05) is 26.2 Å². The number of phenols is 1. The Kier molecular flexibility index (Phi) is 22.4. The molecule has 1 fully saturated rings. The Morgan fingerprint density at radius 2 is 1.24 bits per heavy atom. The number of nitrogens with two attached hydrogens (primary N) is 3. The van der Waals surface area contributed by atoms with Crippen molar-refractivity contribution in [2.45, 2.75) is 81.5 Å². The van der Waals surface area contributed by atoms with Gasteiger partial charge in [0.05, 0.1) is 13.1 Å². The molecule has 62 heavy (non-hydrogen) atoms. The number of halogens is 6. The highest BCUT2D eigenvalue weighted by atomic mass is 19.4. The van der Waals surface area contributed by atoms with E-state index in [1.54, 1.807) is 36.4 Å². The predicted octanol–water partition coefficient (Wildman–Crippen LogP) is -0.421. The van der Waals surface area contributed by atoms with Crippen LogP contribution in [0.3, 0.4) is 0 Å². The molecule has 2 aromatic rings. The molecular formula is C37H48F6N8O11. The molecule has 0 saturated carbocycles. The molecule has 13 N–H and O–H groups in total. The fraction of sp³-hybridized carbons (Fsp3) is 0.459. The van der Waals surface area contributed by atoms with Crippen LogP contribution in [-0.4, -0.2) is 130 Å². The van der Waals surface area contributed by atoms with Gasteiger partial charge in [0.1, 0.15) is 29.9 Å². The van der Waals surface area contributed by atoms with E-state index in [2.05, 4.69) is 21.3 Å². The number of likely N-dealkylation sites (tertiary alicyclic amines) is 1. The number of amides is 6. The molecule has 0 aromatic heterocycles. The number of nitrogens with zero attached hydrogens (tertiary/aromatic N) is 1. The van der Waals surface area contributed by atoms with Crippen LogP contribution >= 0.6 is 0 Å². The van der Waals surface area contributed by atoms with Gasteiger partial charge in [-0.2, -0.15) is 26.3 Å². The van der Waals surface area contributed by atoms with Gasteiger partial charge in [-0.25, -0.2) is 9.59 Å². The molecule has 6 amide bonds. The first-order valence-electron chi connectivity index (χ1n) is 18.5. The summed E-state index contributed by atoms with van der Waals surface area (Å²) in [5.74, 6) is -9.03. The molecule has 0 unspecified atom stereocenters. The van der Waals surface area contributed by atoms with E-state index in [4.69, 9.17) is 37.0 Å². The van der Waals surface area contributed by atoms with Crippen LogP contribution in [0.25, 0.3) is 0 Å². The zero-order chi connectivity index (χ0) is 47.2. The van der Waals surface area contributed by atoms with Crippen molar-refractivity contribution in [3.05, 3.63) is 65.7 Å². The average molecular weight is 895 g/mol. The van der Waals surface area contributed by atoms with E-state index < -0.39 is 90.4 Å². The average Bonchev–Trinajstić information content (AvgIpc) is 3.70. The highest BCUT2D eigenvalue weighted by molar-refractivity contribution is 5.95. The maximum absolute atomic E-state index is 13.6. The molecule has 1 aliphatic rings. The second kappa shape index (κ2) is 26.0. The minimum Gasteiger partial charge on any atom is -0.508 e. The lowest BCUT2D eigenvalue weighted by Gasteiger charge is -2.29. The van der Waals surface area contributed by atoms with Gasteiger partial charge in [-0.05, 0) is 61.9 Å². The van der Waals surface area contributed by atoms with Crippen molar-refractivity contribution in [3.63, 3.8) is 0 Å². The second-order valence-electron chi connectivity index (χ2n) is 13.3. The van der Waals surface area contributed by atoms with Gasteiger partial charge < -0.3 is 58.7 Å². The van der Waals surface area contributed by atoms with Gasteiger partial charge in [0.15, 0.2) is 0 Å². The van der Waals surface area contributed by atoms with E-state index >= 15 is 0 Å². The number of carbonyl (C=O) groups excluding carboxylic acids is 6. The summed E-state index contributed by atoms with van der Waals surface area (Å²) in [4.78, 5) is 96.4. The Morgan fingerprint density at radius 1 is 0.726 bits per heavy atom. The van der Waals surface area contributed by atoms with Crippen molar-refractivity contribution < 1.29 is 80.0 Å². The van der Waals surface area contributed by atoms with Crippen molar-refractivity contribution in [2.24, 2.45) is 17.2 Å². The Labute approximate surface area is 349 Å². The van der Waals surface area contributed by atoms with Crippen LogP contribution in [0, 0.1) is 0 Å². The van der Waals surface area contributed by atoms with Crippen LogP contribution in [0.15, 0.2) is 54.6 Å². The van der Waals surface area contributed by atoms with Gasteiger partial charge in [-0.15, -0.1) is 0 Å². The van der Waals surface area contributed by atoms with E-state index in [1.165, 1.54) is 17.0 Å². The van der Waals surface area contributed by atoms with Crippen LogP contribution in [0.5, 0.6) is 5.75 Å². The van der Waals surface area contributed by atoms with Crippen LogP contribution in [-0.2, 0) is 51.2 Å². The lowest BCUT2D eigenvalue weighted by atomic mass is 10.0. The third-order valence-electron chi connectivity index (χ3n) is 8.48. The van der Waals surface area contributed by atoms with Gasteiger partial charge in [0, 0.05) is 19.4 Å². The molecule has 19 nitrogen and oxygen atoms in total. The summed E-state index contributed by atoms with van der Waals surface area (Å²) < 4.78 is 63.5. The fourth-order valence-electron chi connectivity index (χ4n) is 5.46. The third kappa shape index (κ3) is 20.2. The number of rotatable bonds is 18. The van der Waals surface area contributed by atoms with Crippen molar-refractivity contribution in [1.29, 1.82) is 0 Å². The first-order chi connectivity index (χ1) is 28.9. The van der Waals surface area contributed by atoms with Gasteiger partial charge in [0.2, 0.25) is 35.4 Å². The van der Waals surface area contributed by atoms with E-state index in [9.17, 15) is 60.2 Å². The smallest absolute Gasteiger partial charge is 0.490 e. The Bertz CT molecular complexity index is 1800. The molecule has 0 radical (unpaired) electrons. The summed E-state index contributed by atoms with van der Waals surface area (Å²) >= 11 is 0. The second-order valence-corrected chi connectivity index (χ2v) is 13.3. The predicted molar refractivity (Wildman–Crippen MR) is 204 cm³/mol. The van der Waals surface area contributed by atoms with E-state index in [-0.39, 0.29) is 38.1 Å². The SMILES string of the molecule is NCCCC[C@H](NC(=O)CNC(=O)[C@@H]1CCCN1C(=O)[C@H](Cc1ccc(O)cc1)NC(=O)CN)C(=O)N[C@@H](Cc1ccccc1)C(N)=O.O=C(O)C(F)(F)F.O=C(O)C(F)(F)F. The van der Waals surface area contributed by atoms with Gasteiger partial charge >= 0.3 is 24.3 Å². The molecule has 4 atom stereocenters. The third-order valence-corrected chi connectivity index (χ3v) is 8.48. The van der Waals surface area contributed by atoms with E-state index in [1.807, 2.05) is 6.07 Å². The molecule has 3 rings (SSSR count). The fourth-order valence-corrected chi connectivity index (χ4v) is 5.46. The Morgan fingerprint density at radius 3 is 1.74 bits per heavy atom. The molecule has 1 aliphatic heterocycles. The summed E-state index contributed by atoms with van der Waals surface area (Å²) in [5, 5.41) is 34.3. The number of alkyl halides is 6. The minimum atomic E-state index is -5.08. The number of carboxylic acids is 2. The Balaban J connectivity index is 0.00000117. The van der Waals surface area contributed by atoms with Crippen molar-refractivity contribution >= 4 is 47.4 Å². The first kappa shape index (κ1) is 53.5. The summed E-state index contributed by atoms with van der Waals surface area (Å²) in [6.07, 6.45) is -7.66. The number of benzene rings is 2. The maximum atomic E-state index is 13.6. The van der Waals surface area contributed by atoms with Crippen LogP contribution in [0.1, 0.15) is 43.2 Å². The standard InChI is InChI=1S/C33H46N8O7.2C2HF3O2/c34-15-5-4-9-24(31(46)40-25(30(36)45)17-21-7-2-1-3-8-21)38-29(44)20-37-32(47)27-10-6-16-41(27)33(48)26(39-28(43)19-35)18-22-11-13-23(42)14-12-22;2*3-2(4,5)1(6)7/h1-3,7-8,11-14,24-27,42H,4-6,9-10,15-20,34-35H2,(H2,36,45)(H,37,47)(H,38,44)(H,39,43)(H,40,46);2*(H,6,7)/t24-,25-,26-,27-;;/m0../s1. The number of carboxylic acid groups (broad SMARTS) is 2. The van der Waals surface area contributed by atoms with E-state index in [0.29, 0.717) is 37.8 Å². The lowest BCUT2D eigenvalue weighted by Crippen LogP contribution is -2.56.